The number of carboxylic acids is 1. The predicted molar refractivity (Wildman–Crippen MR) is 130 cm³/mol. The Bertz CT molecular complexity index is 1210. The van der Waals surface area contributed by atoms with Crippen molar-refractivity contribution in [3.63, 3.8) is 0 Å². The van der Waals surface area contributed by atoms with Crippen LogP contribution in [-0.2, 0) is 16.6 Å². The molecule has 0 radical (unpaired) electrons. The highest BCUT2D eigenvalue weighted by Gasteiger charge is 2.29. The second-order valence-corrected chi connectivity index (χ2v) is 8.74. The van der Waals surface area contributed by atoms with Gasteiger partial charge in [-0.1, -0.05) is 55.5 Å². The first-order chi connectivity index (χ1) is 16.8. The predicted octanol–water partition coefficient (Wildman–Crippen LogP) is 4.01. The van der Waals surface area contributed by atoms with Crippen LogP contribution in [0.2, 0.25) is 0 Å². The minimum Gasteiger partial charge on any atom is -0.481 e. The van der Waals surface area contributed by atoms with Crippen LogP contribution in [0.1, 0.15) is 47.3 Å². The number of aromatic nitrogens is 2. The molecule has 0 saturated carbocycles. The Kier molecular flexibility index (Phi) is 7.14. The summed E-state index contributed by atoms with van der Waals surface area (Å²) < 4.78 is 6.90. The third-order valence-corrected chi connectivity index (χ3v) is 6.13. The van der Waals surface area contributed by atoms with Crippen LogP contribution in [0.15, 0.2) is 54.6 Å². The number of carboxylic acid groups (broad SMARTS) is 1. The van der Waals surface area contributed by atoms with Crippen LogP contribution in [0, 0.1) is 5.92 Å². The number of fused-ring (bicyclic) bond motifs is 3. The van der Waals surface area contributed by atoms with E-state index in [1.807, 2.05) is 43.3 Å². The van der Waals surface area contributed by atoms with Crippen molar-refractivity contribution in [2.75, 3.05) is 18.5 Å². The molecule has 1 unspecified atom stereocenters. The molecule has 1 aliphatic carbocycles. The van der Waals surface area contributed by atoms with Crippen LogP contribution >= 0.6 is 0 Å². The van der Waals surface area contributed by atoms with Gasteiger partial charge in [-0.15, -0.1) is 0 Å². The zero-order chi connectivity index (χ0) is 24.9. The fourth-order valence-corrected chi connectivity index (χ4v) is 4.40. The minimum atomic E-state index is -0.862. The number of aliphatic carboxylic acids is 1. The molecule has 0 fully saturated rings. The summed E-state index contributed by atoms with van der Waals surface area (Å²) >= 11 is 0. The molecule has 3 aromatic rings. The quantitative estimate of drug-likeness (QED) is 0.429. The molecule has 9 heteroatoms. The molecule has 35 heavy (non-hydrogen) atoms. The van der Waals surface area contributed by atoms with Gasteiger partial charge in [-0.05, 0) is 34.6 Å². The Morgan fingerprint density at radius 1 is 1.09 bits per heavy atom. The molecule has 2 amide bonds. The van der Waals surface area contributed by atoms with Gasteiger partial charge in [-0.2, -0.15) is 5.10 Å². The molecular weight excluding hydrogens is 448 g/mol. The summed E-state index contributed by atoms with van der Waals surface area (Å²) in [6.07, 6.45) is -0.0595. The van der Waals surface area contributed by atoms with E-state index in [-0.39, 0.29) is 42.3 Å². The lowest BCUT2D eigenvalue weighted by Gasteiger charge is -2.14. The summed E-state index contributed by atoms with van der Waals surface area (Å²) in [6.45, 7) is 2.34. The third-order valence-electron chi connectivity index (χ3n) is 6.13. The Morgan fingerprint density at radius 3 is 2.34 bits per heavy atom. The molecule has 1 heterocycles. The maximum Gasteiger partial charge on any atom is 0.412 e. The number of nitrogens with one attached hydrogen (secondary N) is 2. The molecule has 182 valence electrons. The summed E-state index contributed by atoms with van der Waals surface area (Å²) in [5, 5.41) is 18.3. The largest absolute Gasteiger partial charge is 0.481 e. The molecule has 1 aromatic heterocycles. The van der Waals surface area contributed by atoms with Gasteiger partial charge in [0.2, 0.25) is 0 Å². The van der Waals surface area contributed by atoms with Gasteiger partial charge in [0.1, 0.15) is 12.3 Å². The van der Waals surface area contributed by atoms with E-state index in [0.29, 0.717) is 13.0 Å². The second kappa shape index (κ2) is 10.4. The van der Waals surface area contributed by atoms with E-state index in [1.165, 1.54) is 10.7 Å². The van der Waals surface area contributed by atoms with Crippen LogP contribution in [0.4, 0.5) is 10.6 Å². The van der Waals surface area contributed by atoms with Crippen molar-refractivity contribution in [3.8, 4) is 11.1 Å². The van der Waals surface area contributed by atoms with Crippen molar-refractivity contribution in [1.29, 1.82) is 0 Å². The maximum atomic E-state index is 12.5. The van der Waals surface area contributed by atoms with Gasteiger partial charge in [0.15, 0.2) is 5.82 Å². The zero-order valence-corrected chi connectivity index (χ0v) is 19.7. The van der Waals surface area contributed by atoms with Gasteiger partial charge >= 0.3 is 12.1 Å². The molecule has 1 atom stereocenters. The van der Waals surface area contributed by atoms with Gasteiger partial charge in [-0.25, -0.2) is 4.79 Å². The molecule has 4 rings (SSSR count). The normalized spacial score (nSPS) is 13.0. The Balaban J connectivity index is 1.32. The number of carbonyl (C=O) groups is 3. The topological polar surface area (TPSA) is 123 Å². The monoisotopic (exact) mass is 476 g/mol. The number of amides is 2. The average molecular weight is 477 g/mol. The van der Waals surface area contributed by atoms with E-state index in [9.17, 15) is 14.4 Å². The molecule has 1 aliphatic rings. The molecule has 2 aromatic carbocycles. The maximum absolute atomic E-state index is 12.5. The van der Waals surface area contributed by atoms with E-state index in [0.717, 1.165) is 22.3 Å². The van der Waals surface area contributed by atoms with E-state index >= 15 is 0 Å². The summed E-state index contributed by atoms with van der Waals surface area (Å²) in [5.41, 5.74) is 4.81. The lowest BCUT2D eigenvalue weighted by atomic mass is 9.98. The standard InChI is InChI=1S/C26H28N4O5/c1-16(13-24(31)32)11-12-27-25(33)22-14-23(29-30(22)2)28-26(34)35-15-21-19-9-5-3-7-17(19)18-8-4-6-10-20(18)21/h3-10,14,16,21H,11-13,15H2,1-2H3,(H,27,33)(H,31,32)(H,28,29,34). The van der Waals surface area contributed by atoms with Crippen LogP contribution in [0.3, 0.4) is 0 Å². The lowest BCUT2D eigenvalue weighted by molar-refractivity contribution is -0.138. The number of hydrogen-bond donors (Lipinski definition) is 3. The smallest absolute Gasteiger partial charge is 0.412 e. The summed E-state index contributed by atoms with van der Waals surface area (Å²) in [6, 6.07) is 17.7. The van der Waals surface area contributed by atoms with Gasteiger partial charge < -0.3 is 15.2 Å². The van der Waals surface area contributed by atoms with Crippen LogP contribution in [-0.4, -0.2) is 46.0 Å². The number of benzene rings is 2. The number of ether oxygens (including phenoxy) is 1. The molecule has 0 spiro atoms. The highest BCUT2D eigenvalue weighted by molar-refractivity contribution is 5.94. The Morgan fingerprint density at radius 2 is 1.71 bits per heavy atom. The number of rotatable bonds is 9. The number of hydrogen-bond acceptors (Lipinski definition) is 5. The first-order valence-electron chi connectivity index (χ1n) is 11.5. The van der Waals surface area contributed by atoms with E-state index < -0.39 is 12.1 Å². The Hall–Kier alpha value is -4.14. The summed E-state index contributed by atoms with van der Waals surface area (Å²) in [5.74, 6) is -1.12. The average Bonchev–Trinajstić information content (AvgIpc) is 3.34. The van der Waals surface area contributed by atoms with Crippen LogP contribution < -0.4 is 10.6 Å². The lowest BCUT2D eigenvalue weighted by Crippen LogP contribution is -2.27. The van der Waals surface area contributed by atoms with Gasteiger partial charge in [0, 0.05) is 32.0 Å². The van der Waals surface area contributed by atoms with Crippen molar-refractivity contribution in [3.05, 3.63) is 71.4 Å². The van der Waals surface area contributed by atoms with E-state index in [2.05, 4.69) is 27.9 Å². The van der Waals surface area contributed by atoms with Crippen molar-refractivity contribution >= 4 is 23.8 Å². The fourth-order valence-electron chi connectivity index (χ4n) is 4.40. The fraction of sp³-hybridized carbons (Fsp3) is 0.308. The highest BCUT2D eigenvalue weighted by atomic mass is 16.5. The molecule has 0 aliphatic heterocycles. The van der Waals surface area contributed by atoms with Gasteiger partial charge in [0.05, 0.1) is 0 Å². The van der Waals surface area contributed by atoms with Gasteiger partial charge in [-0.3, -0.25) is 19.6 Å². The molecular formula is C26H28N4O5. The number of aryl methyl sites for hydroxylation is 1. The van der Waals surface area contributed by atoms with Crippen molar-refractivity contribution < 1.29 is 24.2 Å². The number of anilines is 1. The Labute approximate surface area is 203 Å². The summed E-state index contributed by atoms with van der Waals surface area (Å²) in [7, 11) is 1.60. The molecule has 0 saturated heterocycles. The molecule has 9 nitrogen and oxygen atoms in total. The SMILES string of the molecule is CC(CCNC(=O)c1cc(NC(=O)OCC2c3ccccc3-c3ccccc32)nn1C)CC(=O)O. The van der Waals surface area contributed by atoms with E-state index in [1.54, 1.807) is 7.05 Å². The first-order valence-corrected chi connectivity index (χ1v) is 11.5. The van der Waals surface area contributed by atoms with Crippen molar-refractivity contribution in [1.82, 2.24) is 15.1 Å². The molecule has 0 bridgehead atoms. The van der Waals surface area contributed by atoms with E-state index in [4.69, 9.17) is 9.84 Å². The van der Waals surface area contributed by atoms with Crippen molar-refractivity contribution in [2.24, 2.45) is 13.0 Å². The second-order valence-electron chi connectivity index (χ2n) is 8.74. The van der Waals surface area contributed by atoms with Crippen LogP contribution in [0.25, 0.3) is 11.1 Å². The zero-order valence-electron chi connectivity index (χ0n) is 19.7. The van der Waals surface area contributed by atoms with Crippen LogP contribution in [0.5, 0.6) is 0 Å². The first kappa shape index (κ1) is 24.0. The van der Waals surface area contributed by atoms with Gasteiger partial charge in [0.25, 0.3) is 5.91 Å². The highest BCUT2D eigenvalue weighted by Crippen LogP contribution is 2.44. The number of carbonyl (C=O) groups excluding carboxylic acids is 2. The molecule has 3 N–H and O–H groups in total. The number of nitrogens with zero attached hydrogens (tertiary/aromatic N) is 2. The minimum absolute atomic E-state index is 0.0508. The van der Waals surface area contributed by atoms with Crippen molar-refractivity contribution in [2.45, 2.75) is 25.7 Å². The third kappa shape index (κ3) is 5.51. The summed E-state index contributed by atoms with van der Waals surface area (Å²) in [4.78, 5) is 35.7.